The Bertz CT molecular complexity index is 872. The zero-order valence-corrected chi connectivity index (χ0v) is 13.4. The molecule has 0 heterocycles. The van der Waals surface area contributed by atoms with Gasteiger partial charge in [0, 0.05) is 11.8 Å². The summed E-state index contributed by atoms with van der Waals surface area (Å²) in [5.41, 5.74) is 4.23. The van der Waals surface area contributed by atoms with Crippen LogP contribution in [0.25, 0.3) is 0 Å². The van der Waals surface area contributed by atoms with E-state index < -0.39 is 27.5 Å². The minimum Gasteiger partial charge on any atom is -0.366 e. The van der Waals surface area contributed by atoms with Gasteiger partial charge < -0.3 is 5.73 Å². The third kappa shape index (κ3) is 3.94. The monoisotopic (exact) mass is 357 g/mol. The van der Waals surface area contributed by atoms with Crippen LogP contribution in [0, 0.1) is 0 Å². The largest absolute Gasteiger partial charge is 0.416 e. The predicted octanol–water partition coefficient (Wildman–Crippen LogP) is 2.80. The van der Waals surface area contributed by atoms with Crippen LogP contribution in [-0.4, -0.2) is 20.6 Å². The SMILES string of the molecule is CS(=O)(=O)c1ccc(Cc2c(C(N)=O)cccc2C(F)(F)F)cc1. The summed E-state index contributed by atoms with van der Waals surface area (Å²) in [7, 11) is -3.40. The molecule has 0 atom stereocenters. The van der Waals surface area contributed by atoms with E-state index in [0.29, 0.717) is 5.56 Å². The van der Waals surface area contributed by atoms with Gasteiger partial charge in [0.1, 0.15) is 0 Å². The van der Waals surface area contributed by atoms with Gasteiger partial charge >= 0.3 is 6.18 Å². The maximum Gasteiger partial charge on any atom is 0.416 e. The fourth-order valence-corrected chi connectivity index (χ4v) is 2.96. The van der Waals surface area contributed by atoms with Gasteiger partial charge in [-0.15, -0.1) is 0 Å². The molecule has 2 rings (SSSR count). The molecule has 1 amide bonds. The molecule has 0 aliphatic heterocycles. The molecule has 0 bridgehead atoms. The maximum atomic E-state index is 13.2. The number of hydrogen-bond acceptors (Lipinski definition) is 3. The van der Waals surface area contributed by atoms with Crippen LogP contribution in [0.1, 0.15) is 27.0 Å². The molecule has 0 saturated heterocycles. The lowest BCUT2D eigenvalue weighted by molar-refractivity contribution is -0.138. The van der Waals surface area contributed by atoms with Crippen molar-refractivity contribution in [3.05, 3.63) is 64.7 Å². The molecule has 24 heavy (non-hydrogen) atoms. The first kappa shape index (κ1) is 18.0. The number of nitrogens with two attached hydrogens (primary N) is 1. The molecule has 2 aromatic carbocycles. The minimum atomic E-state index is -4.63. The second kappa shape index (κ2) is 6.27. The van der Waals surface area contributed by atoms with Gasteiger partial charge in [0.15, 0.2) is 9.84 Å². The average molecular weight is 357 g/mol. The van der Waals surface area contributed by atoms with Crippen molar-refractivity contribution in [1.82, 2.24) is 0 Å². The first-order valence-corrected chi connectivity index (χ1v) is 8.67. The second-order valence-electron chi connectivity index (χ2n) is 5.29. The molecular weight excluding hydrogens is 343 g/mol. The van der Waals surface area contributed by atoms with Crippen molar-refractivity contribution >= 4 is 15.7 Å². The van der Waals surface area contributed by atoms with Crippen molar-refractivity contribution in [3.8, 4) is 0 Å². The van der Waals surface area contributed by atoms with Crippen molar-refractivity contribution in [2.24, 2.45) is 5.73 Å². The predicted molar refractivity (Wildman–Crippen MR) is 82.3 cm³/mol. The molecule has 0 unspecified atom stereocenters. The summed E-state index contributed by atoms with van der Waals surface area (Å²) in [4.78, 5) is 11.5. The van der Waals surface area contributed by atoms with Gasteiger partial charge in [0.25, 0.3) is 0 Å². The number of sulfone groups is 1. The number of hydrogen-bond donors (Lipinski definition) is 1. The van der Waals surface area contributed by atoms with Crippen LogP contribution in [0.4, 0.5) is 13.2 Å². The lowest BCUT2D eigenvalue weighted by Crippen LogP contribution is -2.18. The molecular formula is C16H14F3NO3S. The Balaban J connectivity index is 2.50. The Morgan fingerprint density at radius 3 is 2.12 bits per heavy atom. The summed E-state index contributed by atoms with van der Waals surface area (Å²) in [6.45, 7) is 0. The van der Waals surface area contributed by atoms with Crippen molar-refractivity contribution in [2.45, 2.75) is 17.5 Å². The number of primary amides is 1. The molecule has 0 fully saturated rings. The van der Waals surface area contributed by atoms with Gasteiger partial charge in [-0.25, -0.2) is 8.42 Å². The van der Waals surface area contributed by atoms with E-state index in [1.165, 1.54) is 30.3 Å². The number of carbonyl (C=O) groups excluding carboxylic acids is 1. The Hall–Kier alpha value is -2.35. The van der Waals surface area contributed by atoms with Crippen LogP contribution in [0.15, 0.2) is 47.4 Å². The number of halogens is 3. The van der Waals surface area contributed by atoms with E-state index in [1.54, 1.807) is 0 Å². The summed E-state index contributed by atoms with van der Waals surface area (Å²) in [6, 6.07) is 8.68. The highest BCUT2D eigenvalue weighted by Crippen LogP contribution is 2.34. The summed E-state index contributed by atoms with van der Waals surface area (Å²) >= 11 is 0. The van der Waals surface area contributed by atoms with E-state index in [4.69, 9.17) is 5.73 Å². The molecule has 0 aliphatic rings. The van der Waals surface area contributed by atoms with E-state index in [9.17, 15) is 26.4 Å². The molecule has 128 valence electrons. The van der Waals surface area contributed by atoms with Crippen molar-refractivity contribution in [1.29, 1.82) is 0 Å². The van der Waals surface area contributed by atoms with E-state index >= 15 is 0 Å². The van der Waals surface area contributed by atoms with Crippen LogP contribution in [0.2, 0.25) is 0 Å². The third-order valence-corrected chi connectivity index (χ3v) is 4.61. The first-order valence-electron chi connectivity index (χ1n) is 6.78. The molecule has 0 radical (unpaired) electrons. The average Bonchev–Trinajstić information content (AvgIpc) is 2.45. The van der Waals surface area contributed by atoms with Crippen molar-refractivity contribution in [3.63, 3.8) is 0 Å². The summed E-state index contributed by atoms with van der Waals surface area (Å²) in [6.07, 6.45) is -3.79. The highest BCUT2D eigenvalue weighted by atomic mass is 32.2. The molecule has 8 heteroatoms. The van der Waals surface area contributed by atoms with E-state index in [2.05, 4.69) is 0 Å². The fraction of sp³-hybridized carbons (Fsp3) is 0.188. The number of rotatable bonds is 4. The molecule has 0 aliphatic carbocycles. The van der Waals surface area contributed by atoms with Crippen LogP contribution in [0.3, 0.4) is 0 Å². The van der Waals surface area contributed by atoms with Crippen molar-refractivity contribution < 1.29 is 26.4 Å². The van der Waals surface area contributed by atoms with Gasteiger partial charge in [-0.2, -0.15) is 13.2 Å². The van der Waals surface area contributed by atoms with E-state index in [1.807, 2.05) is 0 Å². The fourth-order valence-electron chi connectivity index (χ4n) is 2.33. The number of benzene rings is 2. The van der Waals surface area contributed by atoms with Gasteiger partial charge in [-0.05, 0) is 41.8 Å². The highest BCUT2D eigenvalue weighted by molar-refractivity contribution is 7.90. The van der Waals surface area contributed by atoms with Gasteiger partial charge in [0.05, 0.1) is 10.5 Å². The topological polar surface area (TPSA) is 77.2 Å². The zero-order valence-electron chi connectivity index (χ0n) is 12.6. The van der Waals surface area contributed by atoms with Crippen molar-refractivity contribution in [2.75, 3.05) is 6.26 Å². The number of amides is 1. The molecule has 2 aromatic rings. The molecule has 2 N–H and O–H groups in total. The van der Waals surface area contributed by atoms with Crippen LogP contribution in [0.5, 0.6) is 0 Å². The normalized spacial score (nSPS) is 12.2. The summed E-state index contributed by atoms with van der Waals surface area (Å²) in [5.74, 6) is -0.955. The van der Waals surface area contributed by atoms with Crippen LogP contribution in [-0.2, 0) is 22.4 Å². The lowest BCUT2D eigenvalue weighted by atomic mass is 9.94. The molecule has 0 saturated carbocycles. The third-order valence-electron chi connectivity index (χ3n) is 3.48. The zero-order chi connectivity index (χ0) is 18.1. The lowest BCUT2D eigenvalue weighted by Gasteiger charge is -2.16. The molecule has 0 spiro atoms. The molecule has 4 nitrogen and oxygen atoms in total. The van der Waals surface area contributed by atoms with E-state index in [0.717, 1.165) is 18.4 Å². The molecule has 0 aromatic heterocycles. The number of carbonyl (C=O) groups is 1. The van der Waals surface area contributed by atoms with Gasteiger partial charge in [-0.3, -0.25) is 4.79 Å². The number of alkyl halides is 3. The highest BCUT2D eigenvalue weighted by Gasteiger charge is 2.34. The Morgan fingerprint density at radius 1 is 1.08 bits per heavy atom. The van der Waals surface area contributed by atoms with E-state index in [-0.39, 0.29) is 22.4 Å². The Kier molecular flexibility index (Phi) is 4.70. The van der Waals surface area contributed by atoms with Crippen LogP contribution >= 0.6 is 0 Å². The maximum absolute atomic E-state index is 13.2. The minimum absolute atomic E-state index is 0.0606. The van der Waals surface area contributed by atoms with Gasteiger partial charge in [-0.1, -0.05) is 18.2 Å². The second-order valence-corrected chi connectivity index (χ2v) is 7.30. The Labute approximate surface area is 137 Å². The Morgan fingerprint density at radius 2 is 1.67 bits per heavy atom. The smallest absolute Gasteiger partial charge is 0.366 e. The standard InChI is InChI=1S/C16H14F3NO3S/c1-24(22,23)11-7-5-10(6-8-11)9-13-12(15(20)21)3-2-4-14(13)16(17,18)19/h2-8H,9H2,1H3,(H2,20,21). The van der Waals surface area contributed by atoms with Gasteiger partial charge in [0.2, 0.25) is 5.91 Å². The summed E-state index contributed by atoms with van der Waals surface area (Å²) in [5, 5.41) is 0. The van der Waals surface area contributed by atoms with Crippen LogP contribution < -0.4 is 5.73 Å². The summed E-state index contributed by atoms with van der Waals surface area (Å²) < 4.78 is 62.4. The first-order chi connectivity index (χ1) is 11.0. The quantitative estimate of drug-likeness (QED) is 0.914.